The Hall–Kier alpha value is -2.80. The lowest BCUT2D eigenvalue weighted by Gasteiger charge is -2.16. The Labute approximate surface area is 167 Å². The molecule has 0 aliphatic carbocycles. The van der Waals surface area contributed by atoms with Crippen LogP contribution < -0.4 is 0 Å². The third kappa shape index (κ3) is 4.92. The average molecular weight is 399 g/mol. The number of ether oxygens (including phenoxy) is 1. The van der Waals surface area contributed by atoms with Gasteiger partial charge in [0.1, 0.15) is 0 Å². The summed E-state index contributed by atoms with van der Waals surface area (Å²) in [5.74, 6) is 1.02. The Morgan fingerprint density at radius 2 is 1.89 bits per heavy atom. The molecule has 0 aliphatic heterocycles. The number of hydrogen-bond acceptors (Lipinski definition) is 7. The lowest BCUT2D eigenvalue weighted by atomic mass is 9.91. The summed E-state index contributed by atoms with van der Waals surface area (Å²) in [6, 6.07) is 12.5. The smallest absolute Gasteiger partial charge is 0.339 e. The van der Waals surface area contributed by atoms with Crippen LogP contribution in [0.15, 0.2) is 62.6 Å². The molecular formula is C21H21NO5S. The SMILES string of the molecule is CC(C)(C)C(=O)COC(=O)c1ccccc1SCc1cc(-c2ccco2)on1. The van der Waals surface area contributed by atoms with Gasteiger partial charge in [-0.15, -0.1) is 11.8 Å². The number of carbonyl (C=O) groups excluding carboxylic acids is 2. The molecule has 0 bridgehead atoms. The van der Waals surface area contributed by atoms with Crippen molar-refractivity contribution >= 4 is 23.5 Å². The van der Waals surface area contributed by atoms with Gasteiger partial charge in [0.15, 0.2) is 18.2 Å². The number of nitrogens with zero attached hydrogens (tertiary/aromatic N) is 1. The van der Waals surface area contributed by atoms with Crippen molar-refractivity contribution in [3.05, 3.63) is 60.0 Å². The van der Waals surface area contributed by atoms with E-state index in [0.29, 0.717) is 22.8 Å². The number of esters is 1. The maximum Gasteiger partial charge on any atom is 0.339 e. The molecule has 0 N–H and O–H groups in total. The molecule has 7 heteroatoms. The van der Waals surface area contributed by atoms with Gasteiger partial charge in [0, 0.05) is 22.1 Å². The number of carbonyl (C=O) groups is 2. The first-order chi connectivity index (χ1) is 13.3. The Morgan fingerprint density at radius 3 is 2.61 bits per heavy atom. The topological polar surface area (TPSA) is 82.5 Å². The number of rotatable bonds is 7. The lowest BCUT2D eigenvalue weighted by Crippen LogP contribution is -2.26. The molecule has 2 aromatic heterocycles. The Morgan fingerprint density at radius 1 is 1.11 bits per heavy atom. The summed E-state index contributed by atoms with van der Waals surface area (Å²) in [4.78, 5) is 25.2. The zero-order valence-electron chi connectivity index (χ0n) is 15.9. The van der Waals surface area contributed by atoms with Crippen LogP contribution in [0, 0.1) is 5.41 Å². The number of ketones is 1. The fraction of sp³-hybridized carbons (Fsp3) is 0.286. The lowest BCUT2D eigenvalue weighted by molar-refractivity contribution is -0.129. The maximum atomic E-state index is 12.4. The predicted molar refractivity (Wildman–Crippen MR) is 105 cm³/mol. The minimum Gasteiger partial charge on any atom is -0.461 e. The van der Waals surface area contributed by atoms with Gasteiger partial charge in [-0.1, -0.05) is 38.1 Å². The van der Waals surface area contributed by atoms with Crippen LogP contribution in [-0.2, 0) is 15.3 Å². The van der Waals surface area contributed by atoms with Gasteiger partial charge in [0.25, 0.3) is 0 Å². The van der Waals surface area contributed by atoms with Gasteiger partial charge in [-0.25, -0.2) is 4.79 Å². The third-order valence-electron chi connectivity index (χ3n) is 3.98. The minimum absolute atomic E-state index is 0.126. The number of thioether (sulfide) groups is 1. The van der Waals surface area contributed by atoms with E-state index in [9.17, 15) is 9.59 Å². The van der Waals surface area contributed by atoms with Crippen LogP contribution in [0.2, 0.25) is 0 Å². The molecule has 2 heterocycles. The summed E-state index contributed by atoms with van der Waals surface area (Å²) in [5.41, 5.74) is 0.596. The van der Waals surface area contributed by atoms with E-state index in [4.69, 9.17) is 13.7 Å². The summed E-state index contributed by atoms with van der Waals surface area (Å²) in [5, 5.41) is 4.03. The second-order valence-corrected chi connectivity index (χ2v) is 8.21. The quantitative estimate of drug-likeness (QED) is 0.408. The largest absolute Gasteiger partial charge is 0.461 e. The predicted octanol–water partition coefficient (Wildman–Crippen LogP) is 5.00. The van der Waals surface area contributed by atoms with Crippen molar-refractivity contribution in [3.8, 4) is 11.5 Å². The van der Waals surface area contributed by atoms with Gasteiger partial charge in [0.05, 0.1) is 17.5 Å². The van der Waals surface area contributed by atoms with Crippen LogP contribution in [0.1, 0.15) is 36.8 Å². The molecular weight excluding hydrogens is 378 g/mol. The van der Waals surface area contributed by atoms with E-state index in [0.717, 1.165) is 10.6 Å². The highest BCUT2D eigenvalue weighted by Crippen LogP contribution is 2.29. The molecule has 0 fully saturated rings. The van der Waals surface area contributed by atoms with Crippen molar-refractivity contribution in [1.82, 2.24) is 5.16 Å². The summed E-state index contributed by atoms with van der Waals surface area (Å²) in [7, 11) is 0. The number of aromatic nitrogens is 1. The van der Waals surface area contributed by atoms with Crippen LogP contribution in [0.3, 0.4) is 0 Å². The molecule has 28 heavy (non-hydrogen) atoms. The summed E-state index contributed by atoms with van der Waals surface area (Å²) >= 11 is 1.44. The van der Waals surface area contributed by atoms with Crippen LogP contribution in [-0.4, -0.2) is 23.5 Å². The highest BCUT2D eigenvalue weighted by molar-refractivity contribution is 7.98. The number of furan rings is 1. The zero-order valence-corrected chi connectivity index (χ0v) is 16.7. The van der Waals surface area contributed by atoms with E-state index in [1.807, 2.05) is 12.1 Å². The van der Waals surface area contributed by atoms with Gasteiger partial charge in [-0.05, 0) is 24.3 Å². The summed E-state index contributed by atoms with van der Waals surface area (Å²) in [6.45, 7) is 5.14. The van der Waals surface area contributed by atoms with Gasteiger partial charge in [-0.3, -0.25) is 4.79 Å². The molecule has 6 nitrogen and oxygen atoms in total. The molecule has 1 aromatic carbocycles. The van der Waals surface area contributed by atoms with Crippen molar-refractivity contribution in [2.45, 2.75) is 31.4 Å². The molecule has 0 spiro atoms. The number of benzene rings is 1. The van der Waals surface area contributed by atoms with Crippen LogP contribution in [0.25, 0.3) is 11.5 Å². The second kappa shape index (κ2) is 8.48. The van der Waals surface area contributed by atoms with Gasteiger partial charge >= 0.3 is 5.97 Å². The molecule has 0 saturated heterocycles. The first-order valence-electron chi connectivity index (χ1n) is 8.76. The van der Waals surface area contributed by atoms with Crippen LogP contribution >= 0.6 is 11.8 Å². The van der Waals surface area contributed by atoms with Gasteiger partial charge in [0.2, 0.25) is 5.76 Å². The van der Waals surface area contributed by atoms with E-state index >= 15 is 0 Å². The summed E-state index contributed by atoms with van der Waals surface area (Å²) in [6.07, 6.45) is 1.57. The van der Waals surface area contributed by atoms with E-state index in [2.05, 4.69) is 5.16 Å². The fourth-order valence-corrected chi connectivity index (χ4v) is 3.17. The van der Waals surface area contributed by atoms with Crippen molar-refractivity contribution in [1.29, 1.82) is 0 Å². The fourth-order valence-electron chi connectivity index (χ4n) is 2.25. The molecule has 0 amide bonds. The van der Waals surface area contributed by atoms with Crippen molar-refractivity contribution in [2.75, 3.05) is 6.61 Å². The van der Waals surface area contributed by atoms with E-state index in [1.54, 1.807) is 57.4 Å². The number of hydrogen-bond donors (Lipinski definition) is 0. The highest BCUT2D eigenvalue weighted by atomic mass is 32.2. The molecule has 146 valence electrons. The van der Waals surface area contributed by atoms with Crippen molar-refractivity contribution in [2.24, 2.45) is 5.41 Å². The molecule has 0 radical (unpaired) electrons. The minimum atomic E-state index is -0.548. The van der Waals surface area contributed by atoms with Crippen LogP contribution in [0.5, 0.6) is 0 Å². The van der Waals surface area contributed by atoms with Crippen LogP contribution in [0.4, 0.5) is 0 Å². The molecule has 0 unspecified atom stereocenters. The van der Waals surface area contributed by atoms with Gasteiger partial charge in [-0.2, -0.15) is 0 Å². The van der Waals surface area contributed by atoms with Gasteiger partial charge < -0.3 is 13.7 Å². The zero-order chi connectivity index (χ0) is 20.1. The van der Waals surface area contributed by atoms with Crippen molar-refractivity contribution < 1.29 is 23.3 Å². The Kier molecular flexibility index (Phi) is 6.04. The van der Waals surface area contributed by atoms with Crippen molar-refractivity contribution in [3.63, 3.8) is 0 Å². The molecule has 0 atom stereocenters. The molecule has 3 rings (SSSR count). The Bertz CT molecular complexity index is 953. The highest BCUT2D eigenvalue weighted by Gasteiger charge is 2.23. The molecule has 0 saturated carbocycles. The van der Waals surface area contributed by atoms with E-state index in [-0.39, 0.29) is 12.4 Å². The maximum absolute atomic E-state index is 12.4. The van der Waals surface area contributed by atoms with E-state index < -0.39 is 11.4 Å². The first kappa shape index (κ1) is 19.9. The third-order valence-corrected chi connectivity index (χ3v) is 5.08. The molecule has 3 aromatic rings. The number of Topliss-reactive ketones (excluding diaryl/α,β-unsaturated/α-hetero) is 1. The molecule has 0 aliphatic rings. The monoisotopic (exact) mass is 399 g/mol. The second-order valence-electron chi connectivity index (χ2n) is 7.19. The standard InChI is InChI=1S/C21H21NO5S/c1-21(2,3)19(23)12-26-20(24)15-7-4-5-9-18(15)28-13-14-11-17(27-22-14)16-8-6-10-25-16/h4-11H,12-13H2,1-3H3. The average Bonchev–Trinajstić information content (AvgIpc) is 3.35. The normalized spacial score (nSPS) is 11.4. The summed E-state index contributed by atoms with van der Waals surface area (Å²) < 4.78 is 15.8. The first-order valence-corrected chi connectivity index (χ1v) is 9.75. The Balaban J connectivity index is 1.64. The van der Waals surface area contributed by atoms with E-state index in [1.165, 1.54) is 11.8 Å².